The molecule has 24 heavy (non-hydrogen) atoms. The minimum absolute atomic E-state index is 0.166. The van der Waals surface area contributed by atoms with Crippen LogP contribution in [0.2, 0.25) is 0 Å². The van der Waals surface area contributed by atoms with E-state index in [0.29, 0.717) is 0 Å². The summed E-state index contributed by atoms with van der Waals surface area (Å²) in [5.41, 5.74) is 4.29. The minimum Gasteiger partial charge on any atom is -0.459 e. The highest BCUT2D eigenvalue weighted by Gasteiger charge is 2.10. The molecule has 0 aliphatic rings. The Morgan fingerprint density at radius 1 is 1.12 bits per heavy atom. The van der Waals surface area contributed by atoms with Gasteiger partial charge in [0.05, 0.1) is 18.5 Å². The number of nitrogens with zero attached hydrogens (tertiary/aromatic N) is 1. The number of furan rings is 1. The lowest BCUT2D eigenvalue weighted by Crippen LogP contribution is -2.35. The van der Waals surface area contributed by atoms with Crippen molar-refractivity contribution in [3.8, 4) is 0 Å². The third-order valence-electron chi connectivity index (χ3n) is 3.34. The van der Waals surface area contributed by atoms with E-state index >= 15 is 0 Å². The van der Waals surface area contributed by atoms with Gasteiger partial charge in [-0.15, -0.1) is 0 Å². The van der Waals surface area contributed by atoms with Crippen molar-refractivity contribution in [3.63, 3.8) is 0 Å². The standard InChI is InChI=1S/C18H21N3O3/c1-2-3-10-15(14-8-5-4-6-9-14)20-21-17(22)13-19-18(23)16-11-7-12-24-16/h4-9,11-12H,2-3,10,13H2,1H3,(H,19,23)(H,21,22)/b20-15+. The first-order valence-electron chi connectivity index (χ1n) is 7.93. The van der Waals surface area contributed by atoms with Gasteiger partial charge in [0.25, 0.3) is 11.8 Å². The van der Waals surface area contributed by atoms with Crippen molar-refractivity contribution in [1.82, 2.24) is 10.7 Å². The Morgan fingerprint density at radius 3 is 2.58 bits per heavy atom. The van der Waals surface area contributed by atoms with Gasteiger partial charge in [-0.25, -0.2) is 5.43 Å². The van der Waals surface area contributed by atoms with Gasteiger partial charge in [-0.1, -0.05) is 43.7 Å². The average Bonchev–Trinajstić information content (AvgIpc) is 3.15. The first-order chi connectivity index (χ1) is 11.7. The van der Waals surface area contributed by atoms with Crippen molar-refractivity contribution in [2.24, 2.45) is 5.10 Å². The highest BCUT2D eigenvalue weighted by atomic mass is 16.3. The fourth-order valence-electron chi connectivity index (χ4n) is 2.06. The van der Waals surface area contributed by atoms with E-state index < -0.39 is 5.91 Å². The fraction of sp³-hybridized carbons (Fsp3) is 0.278. The van der Waals surface area contributed by atoms with E-state index in [0.717, 1.165) is 30.5 Å². The molecule has 0 radical (unpaired) electrons. The molecule has 2 aromatic rings. The number of hydrazone groups is 1. The number of amides is 2. The summed E-state index contributed by atoms with van der Waals surface area (Å²) in [7, 11) is 0. The van der Waals surface area contributed by atoms with Gasteiger partial charge in [0.2, 0.25) is 0 Å². The number of carbonyl (C=O) groups is 2. The molecule has 1 heterocycles. The summed E-state index contributed by atoms with van der Waals surface area (Å²) in [5.74, 6) is -0.660. The third-order valence-corrected chi connectivity index (χ3v) is 3.34. The zero-order valence-electron chi connectivity index (χ0n) is 13.6. The molecule has 0 aliphatic heterocycles. The molecule has 1 aromatic carbocycles. The molecule has 0 saturated heterocycles. The van der Waals surface area contributed by atoms with E-state index in [1.54, 1.807) is 6.07 Å². The first kappa shape index (κ1) is 17.5. The lowest BCUT2D eigenvalue weighted by molar-refractivity contribution is -0.120. The van der Waals surface area contributed by atoms with Gasteiger partial charge in [0.1, 0.15) is 0 Å². The zero-order chi connectivity index (χ0) is 17.2. The van der Waals surface area contributed by atoms with Crippen molar-refractivity contribution >= 4 is 17.5 Å². The quantitative estimate of drug-likeness (QED) is 0.577. The van der Waals surface area contributed by atoms with Gasteiger partial charge in [-0.3, -0.25) is 9.59 Å². The summed E-state index contributed by atoms with van der Waals surface area (Å²) < 4.78 is 4.96. The molecular formula is C18H21N3O3. The molecule has 2 rings (SSSR count). The van der Waals surface area contributed by atoms with Crippen molar-refractivity contribution in [2.75, 3.05) is 6.54 Å². The molecular weight excluding hydrogens is 306 g/mol. The summed E-state index contributed by atoms with van der Waals surface area (Å²) in [6.07, 6.45) is 4.20. The Kier molecular flexibility index (Phi) is 6.76. The van der Waals surface area contributed by atoms with Crippen molar-refractivity contribution < 1.29 is 14.0 Å². The number of nitrogens with one attached hydrogen (secondary N) is 2. The highest BCUT2D eigenvalue weighted by molar-refractivity contribution is 6.01. The molecule has 2 N–H and O–H groups in total. The summed E-state index contributed by atoms with van der Waals surface area (Å²) in [6.45, 7) is 1.93. The van der Waals surface area contributed by atoms with Crippen LogP contribution in [0.4, 0.5) is 0 Å². The Hall–Kier alpha value is -2.89. The molecule has 0 saturated carbocycles. The van der Waals surface area contributed by atoms with Crippen LogP contribution in [0.1, 0.15) is 42.3 Å². The lowest BCUT2D eigenvalue weighted by Gasteiger charge is -2.07. The van der Waals surface area contributed by atoms with Crippen molar-refractivity contribution in [1.29, 1.82) is 0 Å². The Morgan fingerprint density at radius 2 is 1.92 bits per heavy atom. The lowest BCUT2D eigenvalue weighted by atomic mass is 10.1. The van der Waals surface area contributed by atoms with Crippen LogP contribution in [-0.2, 0) is 4.79 Å². The van der Waals surface area contributed by atoms with Crippen LogP contribution in [0, 0.1) is 0 Å². The summed E-state index contributed by atoms with van der Waals surface area (Å²) in [4.78, 5) is 23.6. The largest absolute Gasteiger partial charge is 0.459 e. The summed E-state index contributed by atoms with van der Waals surface area (Å²) in [5, 5.41) is 6.69. The van der Waals surface area contributed by atoms with Crippen LogP contribution in [-0.4, -0.2) is 24.1 Å². The zero-order valence-corrected chi connectivity index (χ0v) is 13.6. The number of rotatable bonds is 8. The second-order valence-electron chi connectivity index (χ2n) is 5.22. The smallest absolute Gasteiger partial charge is 0.287 e. The molecule has 0 fully saturated rings. The third kappa shape index (κ3) is 5.39. The molecule has 0 unspecified atom stereocenters. The van der Waals surface area contributed by atoms with Gasteiger partial charge in [-0.2, -0.15) is 5.10 Å². The molecule has 2 amide bonds. The van der Waals surface area contributed by atoms with E-state index in [2.05, 4.69) is 22.8 Å². The van der Waals surface area contributed by atoms with Crippen LogP contribution in [0.15, 0.2) is 58.2 Å². The van der Waals surface area contributed by atoms with Gasteiger partial charge >= 0.3 is 0 Å². The predicted octanol–water partition coefficient (Wildman–Crippen LogP) is 2.72. The number of benzene rings is 1. The van der Waals surface area contributed by atoms with E-state index in [9.17, 15) is 9.59 Å². The Labute approximate surface area is 140 Å². The monoisotopic (exact) mass is 327 g/mol. The minimum atomic E-state index is -0.437. The fourth-order valence-corrected chi connectivity index (χ4v) is 2.06. The number of carbonyl (C=O) groups excluding carboxylic acids is 2. The topological polar surface area (TPSA) is 83.7 Å². The Bertz CT molecular complexity index is 679. The van der Waals surface area contributed by atoms with Gasteiger partial charge < -0.3 is 9.73 Å². The van der Waals surface area contributed by atoms with Crippen LogP contribution in [0.5, 0.6) is 0 Å². The second-order valence-corrected chi connectivity index (χ2v) is 5.22. The van der Waals surface area contributed by atoms with Gasteiger partial charge in [-0.05, 0) is 30.5 Å². The number of unbranched alkanes of at least 4 members (excludes halogenated alkanes) is 1. The van der Waals surface area contributed by atoms with Crippen LogP contribution < -0.4 is 10.7 Å². The van der Waals surface area contributed by atoms with Crippen molar-refractivity contribution in [2.45, 2.75) is 26.2 Å². The Balaban J connectivity index is 1.90. The molecule has 6 nitrogen and oxygen atoms in total. The normalized spacial score (nSPS) is 11.1. The second kappa shape index (κ2) is 9.29. The van der Waals surface area contributed by atoms with E-state index in [4.69, 9.17) is 4.42 Å². The van der Waals surface area contributed by atoms with E-state index in [1.807, 2.05) is 30.3 Å². The molecule has 0 bridgehead atoms. The number of hydrogen-bond acceptors (Lipinski definition) is 4. The van der Waals surface area contributed by atoms with Crippen molar-refractivity contribution in [3.05, 3.63) is 60.1 Å². The molecule has 0 atom stereocenters. The molecule has 0 aliphatic carbocycles. The molecule has 1 aromatic heterocycles. The predicted molar refractivity (Wildman–Crippen MR) is 91.7 cm³/mol. The highest BCUT2D eigenvalue weighted by Crippen LogP contribution is 2.07. The van der Waals surface area contributed by atoms with Crippen LogP contribution in [0.3, 0.4) is 0 Å². The average molecular weight is 327 g/mol. The van der Waals surface area contributed by atoms with E-state index in [1.165, 1.54) is 12.3 Å². The first-order valence-corrected chi connectivity index (χ1v) is 7.93. The van der Waals surface area contributed by atoms with Crippen LogP contribution in [0.25, 0.3) is 0 Å². The van der Waals surface area contributed by atoms with Gasteiger partial charge in [0, 0.05) is 0 Å². The molecule has 6 heteroatoms. The summed E-state index contributed by atoms with van der Waals surface area (Å²) >= 11 is 0. The maximum absolute atomic E-state index is 11.9. The maximum Gasteiger partial charge on any atom is 0.287 e. The molecule has 0 spiro atoms. The number of hydrogen-bond donors (Lipinski definition) is 2. The maximum atomic E-state index is 11.9. The summed E-state index contributed by atoms with van der Waals surface area (Å²) in [6, 6.07) is 12.9. The van der Waals surface area contributed by atoms with Gasteiger partial charge in [0.15, 0.2) is 5.76 Å². The SMILES string of the molecule is CCCC/C(=N\NC(=O)CNC(=O)c1ccco1)c1ccccc1. The molecule has 126 valence electrons. The van der Waals surface area contributed by atoms with Crippen LogP contribution >= 0.6 is 0 Å². The van der Waals surface area contributed by atoms with E-state index in [-0.39, 0.29) is 18.2 Å².